The van der Waals surface area contributed by atoms with E-state index >= 15 is 0 Å². The van der Waals surface area contributed by atoms with Crippen molar-refractivity contribution in [3.63, 3.8) is 0 Å². The van der Waals surface area contributed by atoms with Crippen LogP contribution >= 0.6 is 0 Å². The molecule has 0 aromatic carbocycles. The van der Waals surface area contributed by atoms with Gasteiger partial charge in [-0.15, -0.1) is 0 Å². The van der Waals surface area contributed by atoms with Crippen LogP contribution in [0.3, 0.4) is 0 Å². The predicted molar refractivity (Wildman–Crippen MR) is 92.2 cm³/mol. The van der Waals surface area contributed by atoms with Crippen molar-refractivity contribution in [1.29, 1.82) is 0 Å². The number of aromatic nitrogens is 2. The molecule has 1 aliphatic heterocycles. The number of nitrogens with zero attached hydrogens (tertiary/aromatic N) is 4. The lowest BCUT2D eigenvalue weighted by atomic mass is 10.1. The van der Waals surface area contributed by atoms with Crippen molar-refractivity contribution in [2.75, 3.05) is 12.3 Å². The van der Waals surface area contributed by atoms with E-state index in [0.29, 0.717) is 12.0 Å². The van der Waals surface area contributed by atoms with Crippen LogP contribution in [0.2, 0.25) is 0 Å². The lowest BCUT2D eigenvalue weighted by Crippen LogP contribution is -2.33. The highest BCUT2D eigenvalue weighted by atomic mass is 32.2. The predicted octanol–water partition coefficient (Wildman–Crippen LogP) is 0.958. The topological polar surface area (TPSA) is 156 Å². The van der Waals surface area contributed by atoms with Gasteiger partial charge in [-0.05, 0) is 25.3 Å². The van der Waals surface area contributed by atoms with Crippen LogP contribution in [0.25, 0.3) is 10.4 Å². The van der Waals surface area contributed by atoms with E-state index in [9.17, 15) is 18.0 Å². The first-order chi connectivity index (χ1) is 12.3. The highest BCUT2D eigenvalue weighted by Gasteiger charge is 2.39. The average molecular weight is 387 g/mol. The number of rotatable bonds is 8. The molecule has 0 radical (unpaired) electrons. The van der Waals surface area contributed by atoms with Crippen molar-refractivity contribution in [2.24, 2.45) is 5.11 Å². The molecule has 0 saturated carbocycles. The Morgan fingerprint density at radius 3 is 2.88 bits per heavy atom. The van der Waals surface area contributed by atoms with Gasteiger partial charge in [0.25, 0.3) is 15.7 Å². The third kappa shape index (κ3) is 4.94. The van der Waals surface area contributed by atoms with Crippen molar-refractivity contribution in [2.45, 2.75) is 51.5 Å². The maximum atomic E-state index is 12.1. The summed E-state index contributed by atoms with van der Waals surface area (Å²) in [6.45, 7) is 3.44. The van der Waals surface area contributed by atoms with Crippen molar-refractivity contribution >= 4 is 10.1 Å². The van der Waals surface area contributed by atoms with E-state index in [-0.39, 0.29) is 25.1 Å². The molecule has 0 aliphatic carbocycles. The Morgan fingerprint density at radius 1 is 1.50 bits per heavy atom. The van der Waals surface area contributed by atoms with Crippen LogP contribution < -0.4 is 11.2 Å². The van der Waals surface area contributed by atoms with Gasteiger partial charge in [0.05, 0.1) is 11.9 Å². The van der Waals surface area contributed by atoms with Crippen molar-refractivity contribution in [3.8, 4) is 0 Å². The van der Waals surface area contributed by atoms with Gasteiger partial charge in [0.15, 0.2) is 0 Å². The van der Waals surface area contributed by atoms with E-state index in [4.69, 9.17) is 14.5 Å². The molecule has 2 rings (SSSR count). The molecule has 1 saturated heterocycles. The SMILES string of the molecule is CC[C@H]1O[C@@H](n2cc(C)c(=O)[nH]c2=O)C[C@H]1OS(=O)(=O)CCCN=[N+]=[N-]. The van der Waals surface area contributed by atoms with Crippen LogP contribution in [-0.2, 0) is 19.0 Å². The summed E-state index contributed by atoms with van der Waals surface area (Å²) in [6.07, 6.45) is 0.200. The third-order valence-corrected chi connectivity index (χ3v) is 5.35. The molecule has 144 valence electrons. The lowest BCUT2D eigenvalue weighted by molar-refractivity contribution is -0.0174. The second-order valence-corrected chi connectivity index (χ2v) is 7.67. The molecule has 1 N–H and O–H groups in total. The standard InChI is InChI=1S/C14H21N5O6S/c1-3-10-11(25-26(22,23)6-4-5-16-18-15)7-12(24-10)19-8-9(2)13(20)17-14(19)21/h8,10-12H,3-7H2,1-2H3,(H,17,20,21)/t10-,11-,12-/m1/s1. The second-order valence-electron chi connectivity index (χ2n) is 5.96. The second kappa shape index (κ2) is 8.49. The Hall–Kier alpha value is -2.14. The largest absolute Gasteiger partial charge is 0.352 e. The third-order valence-electron chi connectivity index (χ3n) is 4.02. The fourth-order valence-electron chi connectivity index (χ4n) is 2.73. The fourth-order valence-corrected chi connectivity index (χ4v) is 3.89. The zero-order chi connectivity index (χ0) is 19.3. The van der Waals surface area contributed by atoms with Crippen molar-refractivity contribution in [1.82, 2.24) is 9.55 Å². The molecule has 3 atom stereocenters. The molecule has 1 aromatic heterocycles. The summed E-state index contributed by atoms with van der Waals surface area (Å²) in [5, 5.41) is 3.28. The fraction of sp³-hybridized carbons (Fsp3) is 0.714. The Bertz CT molecular complexity index is 901. The number of H-pyrrole nitrogens is 1. The molecular formula is C14H21N5O6S. The summed E-state index contributed by atoms with van der Waals surface area (Å²) in [6, 6.07) is 0. The first-order valence-corrected chi connectivity index (χ1v) is 9.74. The van der Waals surface area contributed by atoms with Gasteiger partial charge in [-0.1, -0.05) is 12.0 Å². The molecule has 1 aliphatic rings. The zero-order valence-corrected chi connectivity index (χ0v) is 15.3. The van der Waals surface area contributed by atoms with Gasteiger partial charge in [0, 0.05) is 29.6 Å². The highest BCUT2D eigenvalue weighted by molar-refractivity contribution is 7.86. The van der Waals surface area contributed by atoms with Gasteiger partial charge in [-0.2, -0.15) is 8.42 Å². The minimum atomic E-state index is -3.83. The Labute approximate surface area is 149 Å². The van der Waals surface area contributed by atoms with E-state index in [0.717, 1.165) is 0 Å². The van der Waals surface area contributed by atoms with Crippen LogP contribution in [0, 0.1) is 6.92 Å². The number of aryl methyl sites for hydroxylation is 1. The van der Waals surface area contributed by atoms with Gasteiger partial charge in [0.2, 0.25) is 0 Å². The maximum Gasteiger partial charge on any atom is 0.330 e. The summed E-state index contributed by atoms with van der Waals surface area (Å²) in [5.41, 5.74) is 7.44. The van der Waals surface area contributed by atoms with Gasteiger partial charge >= 0.3 is 5.69 Å². The molecular weight excluding hydrogens is 366 g/mol. The van der Waals surface area contributed by atoms with E-state index in [2.05, 4.69) is 15.0 Å². The van der Waals surface area contributed by atoms with Gasteiger partial charge < -0.3 is 4.74 Å². The summed E-state index contributed by atoms with van der Waals surface area (Å²) >= 11 is 0. The number of hydrogen-bond acceptors (Lipinski definition) is 7. The molecule has 0 unspecified atom stereocenters. The number of azide groups is 1. The Kier molecular flexibility index (Phi) is 6.59. The zero-order valence-electron chi connectivity index (χ0n) is 14.5. The number of nitrogens with one attached hydrogen (secondary N) is 1. The summed E-state index contributed by atoms with van der Waals surface area (Å²) in [4.78, 5) is 28.2. The summed E-state index contributed by atoms with van der Waals surface area (Å²) in [7, 11) is -3.83. The van der Waals surface area contributed by atoms with Crippen LogP contribution in [0.4, 0.5) is 0 Å². The van der Waals surface area contributed by atoms with Gasteiger partial charge in [0.1, 0.15) is 12.3 Å². The molecule has 1 fully saturated rings. The van der Waals surface area contributed by atoms with Crippen molar-refractivity contribution in [3.05, 3.63) is 43.0 Å². The highest BCUT2D eigenvalue weighted by Crippen LogP contribution is 2.32. The number of ether oxygens (including phenoxy) is 1. The Morgan fingerprint density at radius 2 is 2.23 bits per heavy atom. The summed E-state index contributed by atoms with van der Waals surface area (Å²) in [5.74, 6) is -0.276. The van der Waals surface area contributed by atoms with Crippen molar-refractivity contribution < 1.29 is 17.3 Å². The van der Waals surface area contributed by atoms with E-state index in [1.54, 1.807) is 6.92 Å². The normalized spacial score (nSPS) is 22.9. The first kappa shape index (κ1) is 20.2. The van der Waals surface area contributed by atoms with E-state index in [1.165, 1.54) is 10.8 Å². The van der Waals surface area contributed by atoms with E-state index < -0.39 is 39.8 Å². The molecule has 0 spiro atoms. The maximum absolute atomic E-state index is 12.1. The van der Waals surface area contributed by atoms with Crippen LogP contribution in [0.5, 0.6) is 0 Å². The first-order valence-electron chi connectivity index (χ1n) is 8.16. The molecule has 0 bridgehead atoms. The van der Waals surface area contributed by atoms with Gasteiger partial charge in [-0.3, -0.25) is 18.5 Å². The van der Waals surface area contributed by atoms with E-state index in [1.807, 2.05) is 6.92 Å². The monoisotopic (exact) mass is 387 g/mol. The smallest absolute Gasteiger partial charge is 0.330 e. The minimum absolute atomic E-state index is 0.0616. The van der Waals surface area contributed by atoms with Gasteiger partial charge in [-0.25, -0.2) is 4.79 Å². The minimum Gasteiger partial charge on any atom is -0.352 e. The molecule has 2 heterocycles. The van der Waals surface area contributed by atoms with Crippen LogP contribution in [0.15, 0.2) is 20.9 Å². The lowest BCUT2D eigenvalue weighted by Gasteiger charge is -2.16. The molecule has 12 heteroatoms. The number of hydrogen-bond donors (Lipinski definition) is 1. The Balaban J connectivity index is 2.11. The number of aromatic amines is 1. The average Bonchev–Trinajstić information content (AvgIpc) is 2.97. The summed E-state index contributed by atoms with van der Waals surface area (Å²) < 4.78 is 36.4. The molecule has 26 heavy (non-hydrogen) atoms. The van der Waals surface area contributed by atoms with Crippen LogP contribution in [0.1, 0.15) is 38.0 Å². The molecule has 1 aromatic rings. The molecule has 11 nitrogen and oxygen atoms in total. The van der Waals surface area contributed by atoms with Crippen LogP contribution in [-0.4, -0.2) is 42.5 Å². The quantitative estimate of drug-likeness (QED) is 0.230. The molecule has 0 amide bonds.